The predicted molar refractivity (Wildman–Crippen MR) is 220 cm³/mol. The molecule has 0 saturated carbocycles. The van der Waals surface area contributed by atoms with Crippen LogP contribution in [0.5, 0.6) is 0 Å². The fourth-order valence-corrected chi connectivity index (χ4v) is 9.19. The van der Waals surface area contributed by atoms with E-state index >= 15 is 0 Å². The van der Waals surface area contributed by atoms with Crippen molar-refractivity contribution < 1.29 is 4.42 Å². The SMILES string of the molecule is CC1(C)c2cc3ccccc3cc2-c2c(-c3cccc(-c4c5ccccc5c(-c5ccc6oc7ccccc7c6c5)c5ccccc45)c3)cccc21. The van der Waals surface area contributed by atoms with Gasteiger partial charge in [0, 0.05) is 16.2 Å². The van der Waals surface area contributed by atoms with Crippen molar-refractivity contribution in [3.63, 3.8) is 0 Å². The summed E-state index contributed by atoms with van der Waals surface area (Å²) in [6.07, 6.45) is 0. The standard InChI is InChI=1S/C51H34O/c1-51(2)44-23-12-22-36(50(44)43-28-31-13-3-4-14-32(31)30-45(43)51)33-15-11-16-34(27-33)48-38-18-5-7-20-40(38)49(41-21-8-6-19-39(41)48)35-25-26-47-42(29-35)37-17-9-10-24-46(37)52-47/h3-30H,1-2H3. The number of benzene rings is 9. The Labute approximate surface area is 302 Å². The summed E-state index contributed by atoms with van der Waals surface area (Å²) < 4.78 is 6.22. The minimum absolute atomic E-state index is 0.0870. The fourth-order valence-electron chi connectivity index (χ4n) is 9.19. The summed E-state index contributed by atoms with van der Waals surface area (Å²) in [5.41, 5.74) is 14.7. The first-order chi connectivity index (χ1) is 25.5. The largest absolute Gasteiger partial charge is 0.456 e. The van der Waals surface area contributed by atoms with Crippen molar-refractivity contribution in [1.29, 1.82) is 0 Å². The van der Waals surface area contributed by atoms with Gasteiger partial charge in [-0.1, -0.05) is 147 Å². The van der Waals surface area contributed by atoms with Crippen LogP contribution in [-0.4, -0.2) is 0 Å². The van der Waals surface area contributed by atoms with Crippen LogP contribution in [-0.2, 0) is 5.41 Å². The minimum Gasteiger partial charge on any atom is -0.456 e. The van der Waals surface area contributed by atoms with Crippen molar-refractivity contribution in [3.8, 4) is 44.5 Å². The highest BCUT2D eigenvalue weighted by Crippen LogP contribution is 2.53. The van der Waals surface area contributed by atoms with E-state index in [2.05, 4.69) is 172 Å². The maximum Gasteiger partial charge on any atom is 0.135 e. The van der Waals surface area contributed by atoms with E-state index in [1.54, 1.807) is 0 Å². The van der Waals surface area contributed by atoms with E-state index in [1.807, 2.05) is 12.1 Å². The first-order valence-corrected chi connectivity index (χ1v) is 18.2. The number of hydrogen-bond donors (Lipinski definition) is 0. The summed E-state index contributed by atoms with van der Waals surface area (Å²) >= 11 is 0. The van der Waals surface area contributed by atoms with Crippen molar-refractivity contribution in [3.05, 3.63) is 181 Å². The highest BCUT2D eigenvalue weighted by molar-refractivity contribution is 6.22. The third-order valence-electron chi connectivity index (χ3n) is 11.6. The smallest absolute Gasteiger partial charge is 0.135 e. The van der Waals surface area contributed by atoms with Crippen molar-refractivity contribution in [2.45, 2.75) is 19.3 Å². The van der Waals surface area contributed by atoms with Crippen molar-refractivity contribution in [1.82, 2.24) is 0 Å². The average molecular weight is 663 g/mol. The molecule has 0 atom stereocenters. The second kappa shape index (κ2) is 10.8. The second-order valence-corrected chi connectivity index (χ2v) is 14.8. The van der Waals surface area contributed by atoms with E-state index in [0.717, 1.165) is 21.9 Å². The number of para-hydroxylation sites is 1. The van der Waals surface area contributed by atoms with E-state index in [1.165, 1.54) is 88.0 Å². The summed E-state index contributed by atoms with van der Waals surface area (Å²) in [7, 11) is 0. The number of rotatable bonds is 3. The van der Waals surface area contributed by atoms with Gasteiger partial charge in [-0.15, -0.1) is 0 Å². The van der Waals surface area contributed by atoms with Gasteiger partial charge in [0.05, 0.1) is 0 Å². The van der Waals surface area contributed by atoms with Crippen LogP contribution in [0.2, 0.25) is 0 Å². The van der Waals surface area contributed by atoms with Gasteiger partial charge in [0.2, 0.25) is 0 Å². The lowest BCUT2D eigenvalue weighted by Gasteiger charge is -2.22. The molecule has 244 valence electrons. The first-order valence-electron chi connectivity index (χ1n) is 18.2. The van der Waals surface area contributed by atoms with Gasteiger partial charge in [-0.25, -0.2) is 0 Å². The van der Waals surface area contributed by atoms with Gasteiger partial charge < -0.3 is 4.42 Å². The quantitative estimate of drug-likeness (QED) is 0.172. The molecule has 0 N–H and O–H groups in total. The van der Waals surface area contributed by atoms with Crippen LogP contribution in [0.3, 0.4) is 0 Å². The molecule has 1 aliphatic carbocycles. The summed E-state index contributed by atoms with van der Waals surface area (Å²) in [6.45, 7) is 4.75. The minimum atomic E-state index is -0.0870. The highest BCUT2D eigenvalue weighted by atomic mass is 16.3. The number of hydrogen-bond acceptors (Lipinski definition) is 1. The van der Waals surface area contributed by atoms with E-state index in [9.17, 15) is 0 Å². The predicted octanol–water partition coefficient (Wildman–Crippen LogP) is 14.4. The maximum atomic E-state index is 6.22. The third kappa shape index (κ3) is 4.11. The van der Waals surface area contributed by atoms with Crippen molar-refractivity contribution in [2.24, 2.45) is 0 Å². The lowest BCUT2D eigenvalue weighted by Crippen LogP contribution is -2.14. The molecule has 0 bridgehead atoms. The molecule has 0 spiro atoms. The van der Waals surface area contributed by atoms with Crippen LogP contribution < -0.4 is 0 Å². The molecule has 1 heteroatoms. The van der Waals surface area contributed by atoms with Crippen LogP contribution in [0, 0.1) is 0 Å². The summed E-state index contributed by atoms with van der Waals surface area (Å²) in [5.74, 6) is 0. The maximum absolute atomic E-state index is 6.22. The molecular formula is C51H34O. The highest BCUT2D eigenvalue weighted by Gasteiger charge is 2.37. The normalized spacial score (nSPS) is 13.3. The molecular weight excluding hydrogens is 629 g/mol. The van der Waals surface area contributed by atoms with Crippen LogP contribution in [0.25, 0.3) is 98.8 Å². The van der Waals surface area contributed by atoms with E-state index < -0.39 is 0 Å². The fraction of sp³-hybridized carbons (Fsp3) is 0.0588. The monoisotopic (exact) mass is 662 g/mol. The Morgan fingerprint density at radius 1 is 0.346 bits per heavy atom. The Kier molecular flexibility index (Phi) is 6.08. The Balaban J connectivity index is 1.14. The molecule has 0 saturated heterocycles. The van der Waals surface area contributed by atoms with Gasteiger partial charge in [-0.3, -0.25) is 0 Å². The topological polar surface area (TPSA) is 13.1 Å². The van der Waals surface area contributed by atoms with Gasteiger partial charge in [0.25, 0.3) is 0 Å². The zero-order chi connectivity index (χ0) is 34.6. The molecule has 0 unspecified atom stereocenters. The lowest BCUT2D eigenvalue weighted by molar-refractivity contribution is 0.661. The zero-order valence-corrected chi connectivity index (χ0v) is 29.1. The molecule has 0 radical (unpaired) electrons. The molecule has 0 fully saturated rings. The van der Waals surface area contributed by atoms with Crippen LogP contribution in [0.1, 0.15) is 25.0 Å². The number of furan rings is 1. The molecule has 0 aliphatic heterocycles. The van der Waals surface area contributed by atoms with Gasteiger partial charge in [-0.05, 0) is 124 Å². The van der Waals surface area contributed by atoms with E-state index in [0.29, 0.717) is 0 Å². The first kappa shape index (κ1) is 29.3. The summed E-state index contributed by atoms with van der Waals surface area (Å²) in [4.78, 5) is 0. The van der Waals surface area contributed by atoms with Gasteiger partial charge in [0.15, 0.2) is 0 Å². The van der Waals surface area contributed by atoms with Gasteiger partial charge >= 0.3 is 0 Å². The van der Waals surface area contributed by atoms with Crippen LogP contribution >= 0.6 is 0 Å². The zero-order valence-electron chi connectivity index (χ0n) is 29.1. The molecule has 1 heterocycles. The van der Waals surface area contributed by atoms with E-state index in [4.69, 9.17) is 4.42 Å². The molecule has 9 aromatic carbocycles. The van der Waals surface area contributed by atoms with Crippen LogP contribution in [0.15, 0.2) is 174 Å². The molecule has 1 aromatic heterocycles. The summed E-state index contributed by atoms with van der Waals surface area (Å²) in [5, 5.41) is 9.87. The molecule has 1 aliphatic rings. The third-order valence-corrected chi connectivity index (χ3v) is 11.6. The molecule has 52 heavy (non-hydrogen) atoms. The molecule has 1 nitrogen and oxygen atoms in total. The Bertz CT molecular complexity index is 3040. The molecule has 10 aromatic rings. The lowest BCUT2D eigenvalue weighted by atomic mass is 9.81. The van der Waals surface area contributed by atoms with Gasteiger partial charge in [0.1, 0.15) is 11.2 Å². The van der Waals surface area contributed by atoms with Crippen molar-refractivity contribution in [2.75, 3.05) is 0 Å². The summed E-state index contributed by atoms with van der Waals surface area (Å²) in [6, 6.07) is 62.5. The van der Waals surface area contributed by atoms with Crippen molar-refractivity contribution >= 4 is 54.3 Å². The number of fused-ring (bicyclic) bond motifs is 9. The Morgan fingerprint density at radius 2 is 0.904 bits per heavy atom. The van der Waals surface area contributed by atoms with Crippen LogP contribution in [0.4, 0.5) is 0 Å². The molecule has 0 amide bonds. The average Bonchev–Trinajstić information content (AvgIpc) is 3.67. The Hall–Kier alpha value is -6.44. The van der Waals surface area contributed by atoms with E-state index in [-0.39, 0.29) is 5.41 Å². The second-order valence-electron chi connectivity index (χ2n) is 14.8. The Morgan fingerprint density at radius 3 is 1.62 bits per heavy atom. The van der Waals surface area contributed by atoms with Gasteiger partial charge in [-0.2, -0.15) is 0 Å². The molecule has 11 rings (SSSR count).